The zero-order chi connectivity index (χ0) is 16.8. The lowest BCUT2D eigenvalue weighted by atomic mass is 9.85. The smallest absolute Gasteiger partial charge is 0.246 e. The third-order valence-corrected chi connectivity index (χ3v) is 5.99. The van der Waals surface area contributed by atoms with Crippen LogP contribution in [0.4, 0.5) is 0 Å². The van der Waals surface area contributed by atoms with Gasteiger partial charge in [0.2, 0.25) is 17.7 Å². The van der Waals surface area contributed by atoms with Gasteiger partial charge in [-0.25, -0.2) is 0 Å². The quantitative estimate of drug-likeness (QED) is 0.565. The van der Waals surface area contributed by atoms with Crippen molar-refractivity contribution in [2.24, 2.45) is 23.7 Å². The third-order valence-electron chi connectivity index (χ3n) is 5.99. The van der Waals surface area contributed by atoms with Crippen LogP contribution in [-0.2, 0) is 19.1 Å². The number of rotatable bonds is 4. The Labute approximate surface area is 141 Å². The fourth-order valence-corrected chi connectivity index (χ4v) is 4.86. The summed E-state index contributed by atoms with van der Waals surface area (Å²) in [6, 6.07) is -0.641. The Balaban J connectivity index is 1.58. The molecule has 1 saturated carbocycles. The van der Waals surface area contributed by atoms with Gasteiger partial charge >= 0.3 is 0 Å². The van der Waals surface area contributed by atoms with E-state index in [0.29, 0.717) is 32.7 Å². The van der Waals surface area contributed by atoms with Crippen molar-refractivity contribution in [1.29, 1.82) is 0 Å². The second kappa shape index (κ2) is 5.99. The van der Waals surface area contributed by atoms with Gasteiger partial charge in [-0.2, -0.15) is 0 Å². The average molecular weight is 332 g/mol. The largest absolute Gasteiger partial charge is 0.378 e. The molecule has 0 aromatic rings. The normalized spacial score (nSPS) is 35.7. The van der Waals surface area contributed by atoms with Gasteiger partial charge in [0, 0.05) is 13.1 Å². The summed E-state index contributed by atoms with van der Waals surface area (Å²) < 4.78 is 5.30. The molecular formula is C18H24N2O4. The van der Waals surface area contributed by atoms with Crippen molar-refractivity contribution in [2.45, 2.75) is 32.2 Å². The van der Waals surface area contributed by atoms with Gasteiger partial charge in [0.15, 0.2) is 0 Å². The van der Waals surface area contributed by atoms with Gasteiger partial charge < -0.3 is 9.64 Å². The number of amides is 3. The fourth-order valence-electron chi connectivity index (χ4n) is 4.86. The minimum atomic E-state index is -0.641. The Morgan fingerprint density at radius 2 is 1.75 bits per heavy atom. The van der Waals surface area contributed by atoms with E-state index < -0.39 is 6.04 Å². The van der Waals surface area contributed by atoms with Gasteiger partial charge in [-0.05, 0) is 24.7 Å². The van der Waals surface area contributed by atoms with Crippen LogP contribution in [0.3, 0.4) is 0 Å². The van der Waals surface area contributed by atoms with E-state index in [1.807, 2.05) is 6.92 Å². The predicted octanol–water partition coefficient (Wildman–Crippen LogP) is 0.821. The molecule has 130 valence electrons. The second-order valence-corrected chi connectivity index (χ2v) is 7.29. The van der Waals surface area contributed by atoms with Crippen LogP contribution in [0.5, 0.6) is 0 Å². The van der Waals surface area contributed by atoms with Crippen molar-refractivity contribution in [3.05, 3.63) is 12.2 Å². The number of nitrogens with zero attached hydrogens (tertiary/aromatic N) is 2. The maximum Gasteiger partial charge on any atom is 0.246 e. The van der Waals surface area contributed by atoms with Crippen LogP contribution < -0.4 is 0 Å². The number of allylic oxidation sites excluding steroid dienone is 2. The van der Waals surface area contributed by atoms with Crippen LogP contribution in [0.25, 0.3) is 0 Å². The molecule has 6 heteroatoms. The highest BCUT2D eigenvalue weighted by atomic mass is 16.5. The zero-order valence-electron chi connectivity index (χ0n) is 14.0. The maximum atomic E-state index is 13.0. The van der Waals surface area contributed by atoms with Crippen molar-refractivity contribution >= 4 is 17.7 Å². The summed E-state index contributed by atoms with van der Waals surface area (Å²) in [5, 5.41) is 0. The van der Waals surface area contributed by atoms with Crippen molar-refractivity contribution in [3.8, 4) is 0 Å². The first-order valence-corrected chi connectivity index (χ1v) is 9.05. The van der Waals surface area contributed by atoms with Crippen LogP contribution in [0.15, 0.2) is 12.2 Å². The molecule has 0 N–H and O–H groups in total. The van der Waals surface area contributed by atoms with Crippen LogP contribution in [0, 0.1) is 23.7 Å². The minimum absolute atomic E-state index is 0.0953. The molecule has 3 fully saturated rings. The number of imide groups is 1. The number of hydrogen-bond donors (Lipinski definition) is 0. The van der Waals surface area contributed by atoms with Crippen molar-refractivity contribution in [1.82, 2.24) is 9.80 Å². The number of likely N-dealkylation sites (tertiary alicyclic amines) is 1. The van der Waals surface area contributed by atoms with Gasteiger partial charge in [-0.1, -0.05) is 25.5 Å². The lowest BCUT2D eigenvalue weighted by molar-refractivity contribution is -0.154. The third kappa shape index (κ3) is 2.23. The highest BCUT2D eigenvalue weighted by Crippen LogP contribution is 2.53. The summed E-state index contributed by atoms with van der Waals surface area (Å²) in [6.45, 7) is 4.10. The van der Waals surface area contributed by atoms with E-state index >= 15 is 0 Å². The average Bonchev–Trinajstić information content (AvgIpc) is 3.28. The molecular weight excluding hydrogens is 308 g/mol. The Hall–Kier alpha value is -1.69. The van der Waals surface area contributed by atoms with Gasteiger partial charge in [0.1, 0.15) is 6.04 Å². The summed E-state index contributed by atoms with van der Waals surface area (Å²) in [7, 11) is 0. The van der Waals surface area contributed by atoms with E-state index in [4.69, 9.17) is 4.74 Å². The molecule has 0 aromatic carbocycles. The van der Waals surface area contributed by atoms with E-state index in [9.17, 15) is 14.4 Å². The highest BCUT2D eigenvalue weighted by Gasteiger charge is 2.61. The number of carbonyl (C=O) groups excluding carboxylic acids is 3. The van der Waals surface area contributed by atoms with E-state index in [0.717, 1.165) is 12.8 Å². The minimum Gasteiger partial charge on any atom is -0.378 e. The van der Waals surface area contributed by atoms with Gasteiger partial charge in [-0.15, -0.1) is 0 Å². The lowest BCUT2D eigenvalue weighted by Crippen LogP contribution is -2.54. The van der Waals surface area contributed by atoms with Gasteiger partial charge in [0.25, 0.3) is 0 Å². The summed E-state index contributed by atoms with van der Waals surface area (Å²) in [5.74, 6) is -0.441. The molecule has 3 amide bonds. The van der Waals surface area contributed by atoms with E-state index in [-0.39, 0.29) is 41.4 Å². The van der Waals surface area contributed by atoms with Crippen LogP contribution in [-0.4, -0.2) is 59.9 Å². The number of carbonyl (C=O) groups is 3. The first-order valence-electron chi connectivity index (χ1n) is 9.05. The summed E-state index contributed by atoms with van der Waals surface area (Å²) in [6.07, 6.45) is 6.38. The Morgan fingerprint density at radius 1 is 1.17 bits per heavy atom. The van der Waals surface area contributed by atoms with Gasteiger partial charge in [-0.3, -0.25) is 19.3 Å². The SMILES string of the molecule is CCC[C@H](C(=O)N1CCOCC1)N1C(=O)[C@@H]2[C@H](C1=O)[C@H]1C=C[C@H]2C1. The molecule has 0 unspecified atom stereocenters. The topological polar surface area (TPSA) is 66.9 Å². The number of morpholine rings is 1. The Morgan fingerprint density at radius 3 is 2.29 bits per heavy atom. The molecule has 0 spiro atoms. The molecule has 0 aromatic heterocycles. The van der Waals surface area contributed by atoms with E-state index in [2.05, 4.69) is 12.2 Å². The Bertz CT molecular complexity index is 566. The summed E-state index contributed by atoms with van der Waals surface area (Å²) >= 11 is 0. The van der Waals surface area contributed by atoms with Crippen LogP contribution in [0.1, 0.15) is 26.2 Å². The predicted molar refractivity (Wildman–Crippen MR) is 85.7 cm³/mol. The monoisotopic (exact) mass is 332 g/mol. The number of hydrogen-bond acceptors (Lipinski definition) is 4. The Kier molecular flexibility index (Phi) is 3.95. The molecule has 2 saturated heterocycles. The van der Waals surface area contributed by atoms with E-state index in [1.54, 1.807) is 4.90 Å². The molecule has 5 atom stereocenters. The summed E-state index contributed by atoms with van der Waals surface area (Å²) in [4.78, 5) is 42.0. The number of ether oxygens (including phenoxy) is 1. The van der Waals surface area contributed by atoms with Gasteiger partial charge in [0.05, 0.1) is 25.0 Å². The molecule has 4 rings (SSSR count). The first kappa shape index (κ1) is 15.8. The maximum absolute atomic E-state index is 13.0. The fraction of sp³-hybridized carbons (Fsp3) is 0.722. The molecule has 4 aliphatic rings. The van der Waals surface area contributed by atoms with Crippen LogP contribution in [0.2, 0.25) is 0 Å². The molecule has 2 aliphatic carbocycles. The molecule has 2 heterocycles. The second-order valence-electron chi connectivity index (χ2n) is 7.29. The van der Waals surface area contributed by atoms with Crippen molar-refractivity contribution in [3.63, 3.8) is 0 Å². The van der Waals surface area contributed by atoms with Crippen molar-refractivity contribution in [2.75, 3.05) is 26.3 Å². The van der Waals surface area contributed by atoms with Crippen molar-refractivity contribution < 1.29 is 19.1 Å². The summed E-state index contributed by atoms with van der Waals surface area (Å²) in [5.41, 5.74) is 0. The first-order chi connectivity index (χ1) is 11.6. The standard InChI is InChI=1S/C18H24N2O4/c1-2-3-13(16(21)19-6-8-24-9-7-19)20-17(22)14-11-4-5-12(10-11)15(14)18(20)23/h4-5,11-15H,2-3,6-10H2,1H3/t11-,12-,13+,14-,15+/m0/s1. The van der Waals surface area contributed by atoms with Crippen LogP contribution >= 0.6 is 0 Å². The molecule has 6 nitrogen and oxygen atoms in total. The molecule has 2 bridgehead atoms. The molecule has 0 radical (unpaired) electrons. The highest BCUT2D eigenvalue weighted by molar-refractivity contribution is 6.09. The van der Waals surface area contributed by atoms with E-state index in [1.165, 1.54) is 4.90 Å². The number of fused-ring (bicyclic) bond motifs is 5. The molecule has 24 heavy (non-hydrogen) atoms. The lowest BCUT2D eigenvalue weighted by Gasteiger charge is -2.34. The zero-order valence-corrected chi connectivity index (χ0v) is 14.0. The molecule has 2 aliphatic heterocycles.